The maximum absolute atomic E-state index is 12.4. The summed E-state index contributed by atoms with van der Waals surface area (Å²) in [5.74, 6) is 1.81. The minimum Gasteiger partial charge on any atom is -0.482 e. The Morgan fingerprint density at radius 3 is 2.52 bits per heavy atom. The van der Waals surface area contributed by atoms with Crippen LogP contribution >= 0.6 is 0 Å². The molecule has 3 nitrogen and oxygen atoms in total. The molecular formula is C28H42O3. The Morgan fingerprint density at radius 1 is 1.13 bits per heavy atom. The molecule has 0 saturated heterocycles. The topological polar surface area (TPSA) is 35.5 Å². The van der Waals surface area contributed by atoms with Gasteiger partial charge in [0.1, 0.15) is 11.4 Å². The normalized spacial score (nSPS) is 23.3. The Bertz CT molecular complexity index is 772. The second-order valence-electron chi connectivity index (χ2n) is 10.9. The molecule has 0 aromatic heterocycles. The largest absolute Gasteiger partial charge is 0.482 e. The van der Waals surface area contributed by atoms with Crippen molar-refractivity contribution in [2.75, 3.05) is 6.61 Å². The van der Waals surface area contributed by atoms with Gasteiger partial charge in [-0.05, 0) is 73.7 Å². The van der Waals surface area contributed by atoms with Crippen molar-refractivity contribution >= 4 is 5.97 Å². The van der Waals surface area contributed by atoms with Crippen LogP contribution in [-0.2, 0) is 14.3 Å². The average Bonchev–Trinajstić information content (AvgIpc) is 2.77. The molecule has 31 heavy (non-hydrogen) atoms. The van der Waals surface area contributed by atoms with Crippen LogP contribution in [0.3, 0.4) is 0 Å². The van der Waals surface area contributed by atoms with Gasteiger partial charge < -0.3 is 9.47 Å². The summed E-state index contributed by atoms with van der Waals surface area (Å²) in [5.41, 5.74) is 2.66. The summed E-state index contributed by atoms with van der Waals surface area (Å²) in [6, 6.07) is 0. The van der Waals surface area contributed by atoms with Crippen LogP contribution < -0.4 is 0 Å². The van der Waals surface area contributed by atoms with Gasteiger partial charge in [0.05, 0.1) is 0 Å². The monoisotopic (exact) mass is 426 g/mol. The zero-order chi connectivity index (χ0) is 22.6. The molecule has 0 bridgehead atoms. The lowest BCUT2D eigenvalue weighted by molar-refractivity contribution is -0.166. The molecule has 172 valence electrons. The smallest absolute Gasteiger partial charge is 0.344 e. The molecule has 3 aliphatic rings. The van der Waals surface area contributed by atoms with Gasteiger partial charge in [0.25, 0.3) is 0 Å². The first kappa shape index (κ1) is 23.9. The zero-order valence-corrected chi connectivity index (χ0v) is 20.5. The molecular weight excluding hydrogens is 384 g/mol. The Kier molecular flexibility index (Phi) is 7.55. The number of hydrogen-bond acceptors (Lipinski definition) is 3. The minimum atomic E-state index is -0.416. The Morgan fingerprint density at radius 2 is 1.84 bits per heavy atom. The van der Waals surface area contributed by atoms with E-state index in [0.29, 0.717) is 23.2 Å². The van der Waals surface area contributed by atoms with Crippen molar-refractivity contribution in [3.05, 3.63) is 47.3 Å². The van der Waals surface area contributed by atoms with Crippen molar-refractivity contribution in [2.45, 2.75) is 92.1 Å². The molecule has 0 aromatic rings. The first-order chi connectivity index (χ1) is 14.6. The van der Waals surface area contributed by atoms with E-state index in [1.165, 1.54) is 36.8 Å². The van der Waals surface area contributed by atoms with Gasteiger partial charge in [-0.1, -0.05) is 71.6 Å². The van der Waals surface area contributed by atoms with E-state index >= 15 is 0 Å². The molecule has 1 saturated carbocycles. The maximum Gasteiger partial charge on any atom is 0.344 e. The lowest BCUT2D eigenvalue weighted by Gasteiger charge is -2.36. The predicted octanol–water partition coefficient (Wildman–Crippen LogP) is 7.30. The molecule has 0 N–H and O–H groups in total. The summed E-state index contributed by atoms with van der Waals surface area (Å²) in [4.78, 5) is 12.4. The third kappa shape index (κ3) is 5.93. The molecule has 0 aromatic carbocycles. The number of allylic oxidation sites excluding steroid dienone is 7. The summed E-state index contributed by atoms with van der Waals surface area (Å²) in [7, 11) is 0. The van der Waals surface area contributed by atoms with Crippen LogP contribution in [0.4, 0.5) is 0 Å². The van der Waals surface area contributed by atoms with Crippen LogP contribution in [0.15, 0.2) is 47.3 Å². The van der Waals surface area contributed by atoms with E-state index < -0.39 is 5.60 Å². The number of ether oxygens (including phenoxy) is 2. The second-order valence-corrected chi connectivity index (χ2v) is 10.9. The summed E-state index contributed by atoms with van der Waals surface area (Å²) >= 11 is 0. The quantitative estimate of drug-likeness (QED) is 0.382. The van der Waals surface area contributed by atoms with Crippen LogP contribution in [0.5, 0.6) is 0 Å². The molecule has 1 fully saturated rings. The van der Waals surface area contributed by atoms with Gasteiger partial charge in [-0.15, -0.1) is 0 Å². The van der Waals surface area contributed by atoms with Crippen LogP contribution in [0, 0.1) is 23.2 Å². The van der Waals surface area contributed by atoms with Gasteiger partial charge in [0, 0.05) is 5.92 Å². The summed E-state index contributed by atoms with van der Waals surface area (Å²) < 4.78 is 11.6. The molecule has 0 aliphatic heterocycles. The highest BCUT2D eigenvalue weighted by Gasteiger charge is 2.34. The molecule has 0 amide bonds. The number of hydrogen-bond donors (Lipinski definition) is 0. The van der Waals surface area contributed by atoms with Crippen molar-refractivity contribution in [2.24, 2.45) is 23.2 Å². The lowest BCUT2D eigenvalue weighted by atomic mass is 9.71. The molecule has 3 rings (SSSR count). The first-order valence-electron chi connectivity index (χ1n) is 12.3. The third-order valence-corrected chi connectivity index (χ3v) is 8.08. The fourth-order valence-corrected chi connectivity index (χ4v) is 5.03. The van der Waals surface area contributed by atoms with Gasteiger partial charge in [0.15, 0.2) is 6.61 Å². The van der Waals surface area contributed by atoms with Gasteiger partial charge in [0.2, 0.25) is 0 Å². The van der Waals surface area contributed by atoms with Crippen LogP contribution in [0.25, 0.3) is 0 Å². The summed E-state index contributed by atoms with van der Waals surface area (Å²) in [6.07, 6.45) is 19.2. The van der Waals surface area contributed by atoms with Crippen molar-refractivity contribution in [1.82, 2.24) is 0 Å². The fourth-order valence-electron chi connectivity index (χ4n) is 5.03. The van der Waals surface area contributed by atoms with Crippen molar-refractivity contribution in [3.63, 3.8) is 0 Å². The summed E-state index contributed by atoms with van der Waals surface area (Å²) in [5, 5.41) is 0. The maximum atomic E-state index is 12.4. The second kappa shape index (κ2) is 9.79. The Balaban J connectivity index is 1.53. The number of carbonyl (C=O) groups excluding carboxylic acids is 1. The zero-order valence-electron chi connectivity index (χ0n) is 20.5. The van der Waals surface area contributed by atoms with Gasteiger partial charge >= 0.3 is 5.97 Å². The number of rotatable bonds is 8. The van der Waals surface area contributed by atoms with Gasteiger partial charge in [-0.2, -0.15) is 0 Å². The predicted molar refractivity (Wildman–Crippen MR) is 127 cm³/mol. The van der Waals surface area contributed by atoms with Crippen molar-refractivity contribution < 1.29 is 14.3 Å². The molecule has 0 heterocycles. The Labute approximate surface area is 189 Å². The number of carbonyl (C=O) groups is 1. The Hall–Kier alpha value is -1.77. The fraction of sp³-hybridized carbons (Fsp3) is 0.679. The standard InChI is InChI=1S/C28H42O3/c1-7-27(3,4)20(2)21-13-14-23-18-25(16-15-22(23)17-21)30-19-26(29)31-28(5,6)24-11-9-8-10-12-24/h13,15-18,20,23-24H,7-12,14,19H2,1-6H3. The molecule has 0 spiro atoms. The van der Waals surface area contributed by atoms with E-state index in [-0.39, 0.29) is 12.6 Å². The minimum absolute atomic E-state index is 0.0269. The highest BCUT2D eigenvalue weighted by Crippen LogP contribution is 2.40. The van der Waals surface area contributed by atoms with Crippen LogP contribution in [-0.4, -0.2) is 18.2 Å². The van der Waals surface area contributed by atoms with E-state index in [1.54, 1.807) is 0 Å². The summed E-state index contributed by atoms with van der Waals surface area (Å²) in [6.45, 7) is 13.4. The van der Waals surface area contributed by atoms with E-state index in [9.17, 15) is 4.79 Å². The highest BCUT2D eigenvalue weighted by atomic mass is 16.6. The van der Waals surface area contributed by atoms with E-state index in [0.717, 1.165) is 25.0 Å². The average molecular weight is 427 g/mol. The highest BCUT2D eigenvalue weighted by molar-refractivity contribution is 5.71. The molecule has 2 atom stereocenters. The number of esters is 1. The molecule has 0 radical (unpaired) electrons. The van der Waals surface area contributed by atoms with E-state index in [1.807, 2.05) is 19.9 Å². The van der Waals surface area contributed by atoms with Gasteiger partial charge in [-0.3, -0.25) is 0 Å². The van der Waals surface area contributed by atoms with Crippen molar-refractivity contribution in [3.8, 4) is 0 Å². The molecule has 3 heteroatoms. The number of fused-ring (bicyclic) bond motifs is 1. The van der Waals surface area contributed by atoms with Gasteiger partial charge in [-0.25, -0.2) is 4.79 Å². The third-order valence-electron chi connectivity index (χ3n) is 8.08. The molecule has 3 aliphatic carbocycles. The SMILES string of the molecule is CCC(C)(C)C(C)C1=CCC2C=C(OCC(=O)OC(C)(C)C3CCCCC3)C=CC2=C1. The lowest BCUT2D eigenvalue weighted by Crippen LogP contribution is -2.38. The van der Waals surface area contributed by atoms with Crippen LogP contribution in [0.1, 0.15) is 86.5 Å². The first-order valence-corrected chi connectivity index (χ1v) is 12.3. The molecule has 2 unspecified atom stereocenters. The van der Waals surface area contributed by atoms with Crippen LogP contribution in [0.2, 0.25) is 0 Å². The van der Waals surface area contributed by atoms with Crippen molar-refractivity contribution in [1.29, 1.82) is 0 Å². The van der Waals surface area contributed by atoms with E-state index in [4.69, 9.17) is 9.47 Å². The van der Waals surface area contributed by atoms with E-state index in [2.05, 4.69) is 52.0 Å².